The SMILES string of the molecule is O=C(O)C1CN=C(c2cccc(F)c2)O1. The molecule has 1 N–H and O–H groups in total. The molecule has 0 spiro atoms. The quantitative estimate of drug-likeness (QED) is 0.792. The number of benzene rings is 1. The van der Waals surface area contributed by atoms with Gasteiger partial charge in [0.2, 0.25) is 12.0 Å². The van der Waals surface area contributed by atoms with Crippen molar-refractivity contribution in [1.29, 1.82) is 0 Å². The first kappa shape index (κ1) is 9.64. The average molecular weight is 209 g/mol. The van der Waals surface area contributed by atoms with Gasteiger partial charge in [-0.25, -0.2) is 14.2 Å². The lowest BCUT2D eigenvalue weighted by Gasteiger charge is -2.05. The number of ether oxygens (including phenoxy) is 1. The highest BCUT2D eigenvalue weighted by Gasteiger charge is 2.27. The van der Waals surface area contributed by atoms with Crippen LogP contribution < -0.4 is 0 Å². The second-order valence-corrected chi connectivity index (χ2v) is 3.10. The number of hydrogen-bond acceptors (Lipinski definition) is 3. The fraction of sp³-hybridized carbons (Fsp3) is 0.200. The van der Waals surface area contributed by atoms with Crippen molar-refractivity contribution < 1.29 is 19.0 Å². The number of carboxylic acid groups (broad SMARTS) is 1. The minimum atomic E-state index is -1.06. The maximum atomic E-state index is 12.8. The molecule has 1 atom stereocenters. The molecule has 0 aliphatic carbocycles. The Balaban J connectivity index is 2.17. The van der Waals surface area contributed by atoms with Gasteiger partial charge in [-0.1, -0.05) is 6.07 Å². The highest BCUT2D eigenvalue weighted by Crippen LogP contribution is 2.13. The van der Waals surface area contributed by atoms with Gasteiger partial charge in [-0.05, 0) is 18.2 Å². The molecule has 0 amide bonds. The molecule has 0 bridgehead atoms. The molecule has 1 aliphatic heterocycles. The van der Waals surface area contributed by atoms with Crippen molar-refractivity contribution in [1.82, 2.24) is 0 Å². The fourth-order valence-corrected chi connectivity index (χ4v) is 1.28. The molecule has 4 nitrogen and oxygen atoms in total. The number of aliphatic carboxylic acids is 1. The summed E-state index contributed by atoms with van der Waals surface area (Å²) in [5.74, 6) is -1.29. The summed E-state index contributed by atoms with van der Waals surface area (Å²) in [4.78, 5) is 14.5. The second kappa shape index (κ2) is 3.68. The molecule has 0 aromatic heterocycles. The summed E-state index contributed by atoms with van der Waals surface area (Å²) >= 11 is 0. The van der Waals surface area contributed by atoms with Crippen LogP contribution in [0.25, 0.3) is 0 Å². The standard InChI is InChI=1S/C10H8FNO3/c11-7-3-1-2-6(4-7)9-12-5-8(15-9)10(13)14/h1-4,8H,5H2,(H,13,14). The van der Waals surface area contributed by atoms with E-state index in [2.05, 4.69) is 4.99 Å². The molecule has 78 valence electrons. The Bertz CT molecular complexity index is 430. The average Bonchev–Trinajstić information content (AvgIpc) is 2.66. The number of rotatable bonds is 2. The van der Waals surface area contributed by atoms with E-state index in [0.717, 1.165) is 0 Å². The number of hydrogen-bond donors (Lipinski definition) is 1. The fourth-order valence-electron chi connectivity index (χ4n) is 1.28. The van der Waals surface area contributed by atoms with E-state index in [1.807, 2.05) is 0 Å². The molecule has 15 heavy (non-hydrogen) atoms. The first-order chi connectivity index (χ1) is 7.16. The third-order valence-corrected chi connectivity index (χ3v) is 2.00. The van der Waals surface area contributed by atoms with Crippen LogP contribution in [0.2, 0.25) is 0 Å². The number of carbonyl (C=O) groups is 1. The predicted molar refractivity (Wildman–Crippen MR) is 50.3 cm³/mol. The Morgan fingerprint density at radius 2 is 2.40 bits per heavy atom. The summed E-state index contributed by atoms with van der Waals surface area (Å²) in [6.45, 7) is 0.0706. The Labute approximate surface area is 85.0 Å². The zero-order valence-electron chi connectivity index (χ0n) is 7.68. The van der Waals surface area contributed by atoms with Crippen LogP contribution in [0.3, 0.4) is 0 Å². The van der Waals surface area contributed by atoms with Crippen molar-refractivity contribution >= 4 is 11.9 Å². The van der Waals surface area contributed by atoms with E-state index >= 15 is 0 Å². The lowest BCUT2D eigenvalue weighted by atomic mass is 10.2. The molecular weight excluding hydrogens is 201 g/mol. The first-order valence-electron chi connectivity index (χ1n) is 4.36. The van der Waals surface area contributed by atoms with Crippen molar-refractivity contribution in [2.24, 2.45) is 4.99 Å². The molecule has 1 aromatic rings. The maximum absolute atomic E-state index is 12.8. The number of halogens is 1. The predicted octanol–water partition coefficient (Wildman–Crippen LogP) is 1.06. The molecule has 0 radical (unpaired) electrons. The van der Waals surface area contributed by atoms with E-state index < -0.39 is 17.9 Å². The van der Waals surface area contributed by atoms with Gasteiger partial charge in [0, 0.05) is 5.56 Å². The largest absolute Gasteiger partial charge is 0.478 e. The number of nitrogens with zero attached hydrogens (tertiary/aromatic N) is 1. The van der Waals surface area contributed by atoms with Gasteiger partial charge in [0.15, 0.2) is 0 Å². The van der Waals surface area contributed by atoms with Gasteiger partial charge in [0.25, 0.3) is 0 Å². The van der Waals surface area contributed by atoms with E-state index in [1.165, 1.54) is 18.2 Å². The van der Waals surface area contributed by atoms with Crippen LogP contribution >= 0.6 is 0 Å². The molecule has 1 aromatic carbocycles. The molecule has 1 unspecified atom stereocenters. The van der Waals surface area contributed by atoms with Crippen molar-refractivity contribution in [2.75, 3.05) is 6.54 Å². The maximum Gasteiger partial charge on any atom is 0.346 e. The lowest BCUT2D eigenvalue weighted by Crippen LogP contribution is -2.24. The van der Waals surface area contributed by atoms with Gasteiger partial charge in [0.05, 0.1) is 6.54 Å². The highest BCUT2D eigenvalue weighted by atomic mass is 19.1. The van der Waals surface area contributed by atoms with Gasteiger partial charge in [0.1, 0.15) is 5.82 Å². The van der Waals surface area contributed by atoms with E-state index in [0.29, 0.717) is 5.56 Å². The molecule has 0 saturated heterocycles. The monoisotopic (exact) mass is 209 g/mol. The zero-order valence-corrected chi connectivity index (χ0v) is 7.68. The van der Waals surface area contributed by atoms with Crippen molar-refractivity contribution in [3.63, 3.8) is 0 Å². The molecule has 0 saturated carbocycles. The Kier molecular flexibility index (Phi) is 2.37. The molecule has 2 rings (SSSR count). The first-order valence-corrected chi connectivity index (χ1v) is 4.36. The van der Waals surface area contributed by atoms with Crippen LogP contribution in [0.5, 0.6) is 0 Å². The summed E-state index contributed by atoms with van der Waals surface area (Å²) in [7, 11) is 0. The van der Waals surface area contributed by atoms with Crippen LogP contribution in [-0.4, -0.2) is 29.6 Å². The Hall–Kier alpha value is -1.91. The van der Waals surface area contributed by atoms with E-state index in [1.54, 1.807) is 6.07 Å². The van der Waals surface area contributed by atoms with Gasteiger partial charge in [-0.3, -0.25) is 0 Å². The third-order valence-electron chi connectivity index (χ3n) is 2.00. The molecular formula is C10H8FNO3. The Morgan fingerprint density at radius 3 is 3.00 bits per heavy atom. The Morgan fingerprint density at radius 1 is 1.60 bits per heavy atom. The van der Waals surface area contributed by atoms with Crippen LogP contribution in [0.15, 0.2) is 29.3 Å². The minimum absolute atomic E-state index is 0.0706. The van der Waals surface area contributed by atoms with Gasteiger partial charge in [-0.2, -0.15) is 0 Å². The van der Waals surface area contributed by atoms with Crippen LogP contribution in [0, 0.1) is 5.82 Å². The van der Waals surface area contributed by atoms with E-state index in [9.17, 15) is 9.18 Å². The van der Waals surface area contributed by atoms with Crippen molar-refractivity contribution in [2.45, 2.75) is 6.10 Å². The molecule has 5 heteroatoms. The van der Waals surface area contributed by atoms with Crippen LogP contribution in [-0.2, 0) is 9.53 Å². The topological polar surface area (TPSA) is 58.9 Å². The molecule has 0 fully saturated rings. The van der Waals surface area contributed by atoms with Gasteiger partial charge in [-0.15, -0.1) is 0 Å². The summed E-state index contributed by atoms with van der Waals surface area (Å²) in [5.41, 5.74) is 0.457. The number of carboxylic acids is 1. The van der Waals surface area contributed by atoms with E-state index in [-0.39, 0.29) is 12.4 Å². The van der Waals surface area contributed by atoms with E-state index in [4.69, 9.17) is 9.84 Å². The third kappa shape index (κ3) is 1.96. The zero-order chi connectivity index (χ0) is 10.8. The summed E-state index contributed by atoms with van der Waals surface area (Å²) in [6.07, 6.45) is -0.955. The summed E-state index contributed by atoms with van der Waals surface area (Å²) in [6, 6.07) is 5.69. The normalized spacial score (nSPS) is 19.5. The summed E-state index contributed by atoms with van der Waals surface area (Å²) in [5, 5.41) is 8.66. The van der Waals surface area contributed by atoms with Gasteiger partial charge < -0.3 is 9.84 Å². The smallest absolute Gasteiger partial charge is 0.346 e. The van der Waals surface area contributed by atoms with Gasteiger partial charge >= 0.3 is 5.97 Å². The van der Waals surface area contributed by atoms with Crippen LogP contribution in [0.4, 0.5) is 4.39 Å². The number of aliphatic imine (C=N–C) groups is 1. The second-order valence-electron chi connectivity index (χ2n) is 3.10. The highest BCUT2D eigenvalue weighted by molar-refractivity contribution is 5.97. The molecule has 1 aliphatic rings. The van der Waals surface area contributed by atoms with Crippen molar-refractivity contribution in [3.8, 4) is 0 Å². The lowest BCUT2D eigenvalue weighted by molar-refractivity contribution is -0.144. The van der Waals surface area contributed by atoms with Crippen molar-refractivity contribution in [3.05, 3.63) is 35.6 Å². The van der Waals surface area contributed by atoms with Crippen LogP contribution in [0.1, 0.15) is 5.56 Å². The molecule has 1 heterocycles. The minimum Gasteiger partial charge on any atom is -0.478 e. The summed E-state index contributed by atoms with van der Waals surface area (Å²) < 4.78 is 17.9.